The number of aromatic amines is 1. The SMILES string of the molecule is CCC.Nc1cccc(NC2=NC3CC3n3c(-c4ccc(=O)[nH]c4)cnc32)c1. The van der Waals surface area contributed by atoms with E-state index in [2.05, 4.69) is 33.7 Å². The zero-order valence-corrected chi connectivity index (χ0v) is 16.0. The van der Waals surface area contributed by atoms with Crippen LogP contribution < -0.4 is 16.6 Å². The van der Waals surface area contributed by atoms with E-state index in [1.54, 1.807) is 6.20 Å². The highest BCUT2D eigenvalue weighted by molar-refractivity contribution is 6.07. The van der Waals surface area contributed by atoms with Crippen molar-refractivity contribution in [3.63, 3.8) is 0 Å². The number of aliphatic imine (C=N–C) groups is 1. The summed E-state index contributed by atoms with van der Waals surface area (Å²) in [5.41, 5.74) is 9.25. The Bertz CT molecular complexity index is 1060. The van der Waals surface area contributed by atoms with E-state index in [1.807, 2.05) is 36.5 Å². The van der Waals surface area contributed by atoms with Gasteiger partial charge in [-0.25, -0.2) is 4.98 Å². The minimum Gasteiger partial charge on any atom is -0.399 e. The van der Waals surface area contributed by atoms with Gasteiger partial charge in [-0.05, 0) is 30.7 Å². The lowest BCUT2D eigenvalue weighted by molar-refractivity contribution is 0.694. The number of pyridine rings is 1. The van der Waals surface area contributed by atoms with Crippen molar-refractivity contribution in [3.8, 4) is 11.3 Å². The lowest BCUT2D eigenvalue weighted by atomic mass is 10.2. The molecule has 1 saturated carbocycles. The summed E-state index contributed by atoms with van der Waals surface area (Å²) in [6.45, 7) is 4.25. The highest BCUT2D eigenvalue weighted by atomic mass is 16.1. The summed E-state index contributed by atoms with van der Waals surface area (Å²) in [6, 6.07) is 11.5. The highest BCUT2D eigenvalue weighted by Crippen LogP contribution is 2.45. The smallest absolute Gasteiger partial charge is 0.247 e. The molecule has 0 amide bonds. The van der Waals surface area contributed by atoms with Crippen molar-refractivity contribution in [3.05, 3.63) is 65.0 Å². The van der Waals surface area contributed by atoms with Gasteiger partial charge in [-0.15, -0.1) is 0 Å². The van der Waals surface area contributed by atoms with Crippen molar-refractivity contribution in [1.82, 2.24) is 14.5 Å². The topological polar surface area (TPSA) is 101 Å². The summed E-state index contributed by atoms with van der Waals surface area (Å²) in [5, 5.41) is 3.34. The molecule has 2 unspecified atom stereocenters. The molecule has 7 nitrogen and oxygen atoms in total. The van der Waals surface area contributed by atoms with Crippen LogP contribution in [0.3, 0.4) is 0 Å². The van der Waals surface area contributed by atoms with Crippen LogP contribution in [-0.4, -0.2) is 26.4 Å². The number of hydrogen-bond acceptors (Lipinski definition) is 5. The summed E-state index contributed by atoms with van der Waals surface area (Å²) < 4.78 is 2.21. The van der Waals surface area contributed by atoms with E-state index >= 15 is 0 Å². The first kappa shape index (κ1) is 18.0. The van der Waals surface area contributed by atoms with Gasteiger partial charge in [-0.2, -0.15) is 0 Å². The zero-order valence-electron chi connectivity index (χ0n) is 16.0. The molecular formula is C21H24N6O. The zero-order chi connectivity index (χ0) is 19.7. The Kier molecular flexibility index (Phi) is 4.73. The summed E-state index contributed by atoms with van der Waals surface area (Å²) in [4.78, 5) is 23.4. The molecule has 1 aliphatic carbocycles. The second kappa shape index (κ2) is 7.34. The van der Waals surface area contributed by atoms with Crippen LogP contribution in [0.15, 0.2) is 58.6 Å². The Balaban J connectivity index is 0.000000604. The summed E-state index contributed by atoms with van der Waals surface area (Å²) >= 11 is 0. The third kappa shape index (κ3) is 3.43. The second-order valence-electron chi connectivity index (χ2n) is 7.08. The molecule has 0 bridgehead atoms. The van der Waals surface area contributed by atoms with Gasteiger partial charge in [0.25, 0.3) is 0 Å². The molecule has 5 rings (SSSR count). The molecular weight excluding hydrogens is 352 g/mol. The van der Waals surface area contributed by atoms with Crippen LogP contribution in [0.5, 0.6) is 0 Å². The summed E-state index contributed by atoms with van der Waals surface area (Å²) in [6.07, 6.45) is 5.81. The molecule has 1 fully saturated rings. The number of H-pyrrole nitrogens is 1. The standard InChI is InChI=1S/C18H16N6O.C3H8/c19-11-2-1-3-12(6-11)22-17-18-21-9-15(10-4-5-16(25)20-8-10)24(18)14-7-13(14)23-17;1-3-2/h1-6,8-9,13-14H,7,19H2,(H,20,25)(H,22,23);3H2,1-2H3. The quantitative estimate of drug-likeness (QED) is 0.597. The van der Waals surface area contributed by atoms with Crippen LogP contribution in [-0.2, 0) is 0 Å². The number of benzene rings is 1. The third-order valence-electron chi connectivity index (χ3n) is 4.59. The van der Waals surface area contributed by atoms with E-state index in [4.69, 9.17) is 10.7 Å². The molecule has 1 aromatic carbocycles. The maximum Gasteiger partial charge on any atom is 0.247 e. The van der Waals surface area contributed by atoms with Crippen LogP contribution in [0.1, 0.15) is 38.6 Å². The van der Waals surface area contributed by atoms with Crippen molar-refractivity contribution >= 4 is 17.2 Å². The van der Waals surface area contributed by atoms with Crippen molar-refractivity contribution in [2.24, 2.45) is 4.99 Å². The number of nitrogens with one attached hydrogen (secondary N) is 2. The molecule has 1 aliphatic heterocycles. The van der Waals surface area contributed by atoms with Crippen LogP contribution in [0.4, 0.5) is 11.4 Å². The molecule has 28 heavy (non-hydrogen) atoms. The van der Waals surface area contributed by atoms with Gasteiger partial charge in [0.15, 0.2) is 11.7 Å². The van der Waals surface area contributed by atoms with Crippen molar-refractivity contribution < 1.29 is 0 Å². The summed E-state index contributed by atoms with van der Waals surface area (Å²) in [7, 11) is 0. The van der Waals surface area contributed by atoms with Gasteiger partial charge in [0, 0.05) is 29.2 Å². The number of nitrogen functional groups attached to an aromatic ring is 1. The first-order chi connectivity index (χ1) is 13.6. The summed E-state index contributed by atoms with van der Waals surface area (Å²) in [5.74, 6) is 1.56. The average molecular weight is 376 g/mol. The molecule has 2 atom stereocenters. The first-order valence-electron chi connectivity index (χ1n) is 9.57. The third-order valence-corrected chi connectivity index (χ3v) is 4.59. The molecule has 2 aliphatic rings. The van der Waals surface area contributed by atoms with Gasteiger partial charge in [-0.3, -0.25) is 9.79 Å². The lowest BCUT2D eigenvalue weighted by Crippen LogP contribution is -2.24. The number of nitrogens with two attached hydrogens (primary N) is 1. The molecule has 4 N–H and O–H groups in total. The monoisotopic (exact) mass is 376 g/mol. The average Bonchev–Trinajstić information content (AvgIpc) is 3.31. The van der Waals surface area contributed by atoms with E-state index in [-0.39, 0.29) is 11.6 Å². The van der Waals surface area contributed by atoms with Crippen molar-refractivity contribution in [2.75, 3.05) is 11.1 Å². The molecule has 3 heterocycles. The maximum absolute atomic E-state index is 11.3. The van der Waals surface area contributed by atoms with E-state index in [0.717, 1.165) is 35.0 Å². The molecule has 0 spiro atoms. The van der Waals surface area contributed by atoms with Crippen LogP contribution in [0.25, 0.3) is 11.3 Å². The normalized spacial score (nSPS) is 18.9. The first-order valence-corrected chi connectivity index (χ1v) is 9.57. The number of fused-ring (bicyclic) bond motifs is 3. The van der Waals surface area contributed by atoms with Crippen LogP contribution in [0, 0.1) is 0 Å². The van der Waals surface area contributed by atoms with Gasteiger partial charge in [-0.1, -0.05) is 26.3 Å². The molecule has 144 valence electrons. The number of hydrogen-bond donors (Lipinski definition) is 3. The number of anilines is 2. The lowest BCUT2D eigenvalue weighted by Gasteiger charge is -2.18. The van der Waals surface area contributed by atoms with Crippen LogP contribution >= 0.6 is 0 Å². The number of amidine groups is 1. The molecule has 7 heteroatoms. The van der Waals surface area contributed by atoms with E-state index in [0.29, 0.717) is 11.7 Å². The number of rotatable bonds is 2. The van der Waals surface area contributed by atoms with E-state index in [9.17, 15) is 4.79 Å². The van der Waals surface area contributed by atoms with E-state index < -0.39 is 0 Å². The Morgan fingerprint density at radius 1 is 1.29 bits per heavy atom. The Morgan fingerprint density at radius 2 is 2.11 bits per heavy atom. The van der Waals surface area contributed by atoms with Gasteiger partial charge in [0.1, 0.15) is 0 Å². The van der Waals surface area contributed by atoms with Gasteiger partial charge in [0.05, 0.1) is 24.0 Å². The fourth-order valence-electron chi connectivity index (χ4n) is 3.31. The van der Waals surface area contributed by atoms with E-state index in [1.165, 1.54) is 12.5 Å². The maximum atomic E-state index is 11.3. The predicted octanol–water partition coefficient (Wildman–Crippen LogP) is 3.42. The molecule has 2 aromatic heterocycles. The van der Waals surface area contributed by atoms with Crippen molar-refractivity contribution in [2.45, 2.75) is 38.8 Å². The molecule has 0 radical (unpaired) electrons. The highest BCUT2D eigenvalue weighted by Gasteiger charge is 2.45. The Morgan fingerprint density at radius 3 is 2.82 bits per heavy atom. The van der Waals surface area contributed by atoms with Gasteiger partial charge < -0.3 is 20.6 Å². The number of imidazole rings is 1. The minimum absolute atomic E-state index is 0.114. The van der Waals surface area contributed by atoms with Crippen LogP contribution in [0.2, 0.25) is 0 Å². The number of aromatic nitrogens is 3. The Hall–Kier alpha value is -3.35. The van der Waals surface area contributed by atoms with Gasteiger partial charge >= 0.3 is 0 Å². The van der Waals surface area contributed by atoms with Crippen molar-refractivity contribution in [1.29, 1.82) is 0 Å². The fourth-order valence-corrected chi connectivity index (χ4v) is 3.31. The largest absolute Gasteiger partial charge is 0.399 e. The number of nitrogens with zero attached hydrogens (tertiary/aromatic N) is 3. The fraction of sp³-hybridized carbons (Fsp3) is 0.286. The predicted molar refractivity (Wildman–Crippen MR) is 113 cm³/mol. The van der Waals surface area contributed by atoms with Gasteiger partial charge in [0.2, 0.25) is 5.56 Å². The molecule has 0 saturated heterocycles. The minimum atomic E-state index is -0.114. The molecule has 3 aromatic rings. The second-order valence-corrected chi connectivity index (χ2v) is 7.08. The Labute approximate surface area is 163 Å².